The zero-order chi connectivity index (χ0) is 18.8. The van der Waals surface area contributed by atoms with Gasteiger partial charge < -0.3 is 14.6 Å². The van der Waals surface area contributed by atoms with Crippen LogP contribution >= 0.6 is 11.6 Å². The summed E-state index contributed by atoms with van der Waals surface area (Å²) in [5.74, 6) is 1.20. The number of furan rings is 1. The van der Waals surface area contributed by atoms with Gasteiger partial charge in [-0.2, -0.15) is 0 Å². The average molecular weight is 387 g/mol. The van der Waals surface area contributed by atoms with Crippen molar-refractivity contribution in [3.8, 4) is 11.3 Å². The summed E-state index contributed by atoms with van der Waals surface area (Å²) >= 11 is 5.91. The second-order valence-corrected chi connectivity index (χ2v) is 7.81. The summed E-state index contributed by atoms with van der Waals surface area (Å²) in [6.45, 7) is 0.865. The number of halogens is 1. The molecule has 27 heavy (non-hydrogen) atoms. The topological polar surface area (TPSA) is 62.6 Å². The Balaban J connectivity index is 1.32. The van der Waals surface area contributed by atoms with Gasteiger partial charge in [0.25, 0.3) is 0 Å². The van der Waals surface area contributed by atoms with E-state index in [0.717, 1.165) is 24.2 Å². The van der Waals surface area contributed by atoms with Crippen LogP contribution < -0.4 is 5.32 Å². The first kappa shape index (κ1) is 18.1. The predicted molar refractivity (Wildman–Crippen MR) is 103 cm³/mol. The van der Waals surface area contributed by atoms with E-state index in [0.29, 0.717) is 36.3 Å². The fraction of sp³-hybridized carbons (Fsp3) is 0.429. The van der Waals surface area contributed by atoms with Gasteiger partial charge in [0.15, 0.2) is 0 Å². The van der Waals surface area contributed by atoms with Crippen molar-refractivity contribution >= 4 is 23.4 Å². The highest BCUT2D eigenvalue weighted by atomic mass is 35.5. The van der Waals surface area contributed by atoms with E-state index in [-0.39, 0.29) is 17.7 Å². The summed E-state index contributed by atoms with van der Waals surface area (Å²) in [6, 6.07) is 11.5. The molecule has 1 aliphatic heterocycles. The van der Waals surface area contributed by atoms with Gasteiger partial charge in [-0.1, -0.05) is 24.4 Å². The van der Waals surface area contributed by atoms with Crippen molar-refractivity contribution in [1.29, 1.82) is 0 Å². The van der Waals surface area contributed by atoms with Crippen LogP contribution in [0.25, 0.3) is 11.3 Å². The number of hydrogen-bond acceptors (Lipinski definition) is 3. The van der Waals surface area contributed by atoms with Crippen LogP contribution in [-0.2, 0) is 16.1 Å². The third-order valence-electron chi connectivity index (χ3n) is 5.52. The largest absolute Gasteiger partial charge is 0.459 e. The number of amides is 2. The van der Waals surface area contributed by atoms with Crippen LogP contribution in [0.5, 0.6) is 0 Å². The van der Waals surface area contributed by atoms with E-state index in [1.54, 1.807) is 0 Å². The molecule has 0 bridgehead atoms. The zero-order valence-electron chi connectivity index (χ0n) is 15.1. The number of likely N-dealkylation sites (tertiary alicyclic amines) is 1. The van der Waals surface area contributed by atoms with Crippen LogP contribution in [0.1, 0.15) is 37.9 Å². The van der Waals surface area contributed by atoms with Gasteiger partial charge in [0, 0.05) is 29.6 Å². The molecule has 1 saturated heterocycles. The lowest BCUT2D eigenvalue weighted by molar-refractivity contribution is -0.130. The molecule has 6 heteroatoms. The molecular weight excluding hydrogens is 364 g/mol. The third kappa shape index (κ3) is 4.03. The number of hydrogen-bond donors (Lipinski definition) is 1. The highest BCUT2D eigenvalue weighted by Crippen LogP contribution is 2.29. The molecule has 1 N–H and O–H groups in total. The molecule has 0 unspecified atom stereocenters. The number of rotatable bonds is 5. The first-order chi connectivity index (χ1) is 13.1. The molecule has 1 saturated carbocycles. The second kappa shape index (κ2) is 7.77. The molecular formula is C21H23ClN2O3. The lowest BCUT2D eigenvalue weighted by Gasteiger charge is -2.23. The minimum Gasteiger partial charge on any atom is -0.459 e. The van der Waals surface area contributed by atoms with Gasteiger partial charge in [0.05, 0.1) is 12.5 Å². The highest BCUT2D eigenvalue weighted by Gasteiger charge is 2.38. The van der Waals surface area contributed by atoms with Crippen molar-refractivity contribution in [1.82, 2.24) is 10.2 Å². The minimum atomic E-state index is -0.260. The molecule has 2 aromatic rings. The predicted octanol–water partition coefficient (Wildman–Crippen LogP) is 4.01. The Kier molecular flexibility index (Phi) is 5.21. The molecule has 0 spiro atoms. The Bertz CT molecular complexity index is 824. The highest BCUT2D eigenvalue weighted by molar-refractivity contribution is 6.30. The maximum absolute atomic E-state index is 12.5. The molecule has 1 aromatic heterocycles. The van der Waals surface area contributed by atoms with Crippen molar-refractivity contribution in [2.24, 2.45) is 5.92 Å². The van der Waals surface area contributed by atoms with Crippen LogP contribution in [0.3, 0.4) is 0 Å². The Morgan fingerprint density at radius 3 is 2.63 bits per heavy atom. The number of nitrogens with one attached hydrogen (secondary N) is 1. The molecule has 2 amide bonds. The maximum atomic E-state index is 12.5. The zero-order valence-corrected chi connectivity index (χ0v) is 15.9. The number of benzene rings is 1. The molecule has 2 aliphatic rings. The molecule has 1 aromatic carbocycles. The van der Waals surface area contributed by atoms with Gasteiger partial charge in [-0.05, 0) is 49.2 Å². The van der Waals surface area contributed by atoms with Crippen molar-refractivity contribution in [3.05, 3.63) is 47.2 Å². The summed E-state index contributed by atoms with van der Waals surface area (Å²) < 4.78 is 5.81. The second-order valence-electron chi connectivity index (χ2n) is 7.38. The van der Waals surface area contributed by atoms with Crippen molar-refractivity contribution in [2.45, 2.75) is 44.7 Å². The molecule has 2 heterocycles. The summed E-state index contributed by atoms with van der Waals surface area (Å²) in [5.41, 5.74) is 0.936. The summed E-state index contributed by atoms with van der Waals surface area (Å²) in [5, 5.41) is 3.59. The Hall–Kier alpha value is -2.27. The van der Waals surface area contributed by atoms with Crippen molar-refractivity contribution in [3.63, 3.8) is 0 Å². The molecule has 2 fully saturated rings. The lowest BCUT2D eigenvalue weighted by atomic mass is 10.1. The van der Waals surface area contributed by atoms with Gasteiger partial charge in [-0.3, -0.25) is 9.59 Å². The smallest absolute Gasteiger partial charge is 0.225 e. The van der Waals surface area contributed by atoms with E-state index >= 15 is 0 Å². The first-order valence-corrected chi connectivity index (χ1v) is 9.90. The third-order valence-corrected chi connectivity index (χ3v) is 5.77. The molecule has 1 aliphatic carbocycles. The van der Waals surface area contributed by atoms with Gasteiger partial charge in [0.2, 0.25) is 11.8 Å². The fourth-order valence-corrected chi connectivity index (χ4v) is 4.16. The summed E-state index contributed by atoms with van der Waals surface area (Å²) in [6.07, 6.45) is 4.82. The first-order valence-electron chi connectivity index (χ1n) is 9.52. The van der Waals surface area contributed by atoms with Crippen LogP contribution in [0.15, 0.2) is 40.8 Å². The van der Waals surface area contributed by atoms with Crippen LogP contribution in [-0.4, -0.2) is 29.3 Å². The number of nitrogens with zero attached hydrogens (tertiary/aromatic N) is 1. The molecule has 1 atom stereocenters. The van der Waals surface area contributed by atoms with Gasteiger partial charge in [-0.15, -0.1) is 0 Å². The van der Waals surface area contributed by atoms with Crippen molar-refractivity contribution in [2.75, 3.05) is 6.54 Å². The van der Waals surface area contributed by atoms with Gasteiger partial charge >= 0.3 is 0 Å². The average Bonchev–Trinajstić information content (AvgIpc) is 3.41. The van der Waals surface area contributed by atoms with Crippen molar-refractivity contribution < 1.29 is 14.0 Å². The fourth-order valence-electron chi connectivity index (χ4n) is 4.04. The Morgan fingerprint density at radius 1 is 1.15 bits per heavy atom. The Labute approximate surface area is 163 Å². The monoisotopic (exact) mass is 386 g/mol. The molecule has 142 valence electrons. The van der Waals surface area contributed by atoms with E-state index in [1.807, 2.05) is 41.3 Å². The van der Waals surface area contributed by atoms with E-state index in [2.05, 4.69) is 5.32 Å². The van der Waals surface area contributed by atoms with Gasteiger partial charge in [0.1, 0.15) is 11.5 Å². The molecule has 5 nitrogen and oxygen atoms in total. The normalized spacial score (nSPS) is 20.4. The SMILES string of the molecule is O=C(NCc1ccc(-c2ccc(Cl)cc2)o1)[C@@H]1CC(=O)N(C2CCCC2)C1. The molecule has 0 radical (unpaired) electrons. The van der Waals surface area contributed by atoms with E-state index in [1.165, 1.54) is 12.8 Å². The van der Waals surface area contributed by atoms with E-state index in [4.69, 9.17) is 16.0 Å². The van der Waals surface area contributed by atoms with E-state index < -0.39 is 0 Å². The Morgan fingerprint density at radius 2 is 1.89 bits per heavy atom. The number of carbonyl (C=O) groups is 2. The molecule has 4 rings (SSSR count). The van der Waals surface area contributed by atoms with Crippen LogP contribution in [0.2, 0.25) is 5.02 Å². The summed E-state index contributed by atoms with van der Waals surface area (Å²) in [4.78, 5) is 26.7. The quantitative estimate of drug-likeness (QED) is 0.844. The van der Waals surface area contributed by atoms with Gasteiger partial charge in [-0.25, -0.2) is 0 Å². The lowest BCUT2D eigenvalue weighted by Crippen LogP contribution is -2.36. The minimum absolute atomic E-state index is 0.0757. The standard InChI is InChI=1S/C21H23ClN2O3/c22-16-7-5-14(6-8-16)19-10-9-18(27-19)12-23-21(26)15-11-20(25)24(13-15)17-3-1-2-4-17/h5-10,15,17H,1-4,11-13H2,(H,23,26)/t15-/m1/s1. The maximum Gasteiger partial charge on any atom is 0.225 e. The van der Waals surface area contributed by atoms with E-state index in [9.17, 15) is 9.59 Å². The van der Waals surface area contributed by atoms with Crippen LogP contribution in [0, 0.1) is 5.92 Å². The van der Waals surface area contributed by atoms with Crippen LogP contribution in [0.4, 0.5) is 0 Å². The number of carbonyl (C=O) groups excluding carboxylic acids is 2. The summed E-state index contributed by atoms with van der Waals surface area (Å²) in [7, 11) is 0.